The minimum atomic E-state index is -0.920. The van der Waals surface area contributed by atoms with E-state index in [1.165, 1.54) is 36.0 Å². The summed E-state index contributed by atoms with van der Waals surface area (Å²) in [6.45, 7) is 8.35. The maximum atomic E-state index is 10.3. The van der Waals surface area contributed by atoms with Gasteiger partial charge in [0.1, 0.15) is 0 Å². The Labute approximate surface area is 210 Å². The van der Waals surface area contributed by atoms with Crippen LogP contribution in [-0.4, -0.2) is 22.2 Å². The van der Waals surface area contributed by atoms with Crippen LogP contribution in [0.25, 0.3) is 6.08 Å². The standard InChI is InChI=1S/C11H16.C10H12O2.C10H10O2/c1-3-4-7-11-8-5-6-10(2)9-11;2*1-8-3-2-4-9(7-8)5-6-10(11)12/h5-6,8-9H,3-4,7H2,1-2H3;2-4,7H,5-6H2,1H3,(H,11,12);2-7H,1H3,(H,11,12)/b;;6-5+. The van der Waals surface area contributed by atoms with E-state index in [4.69, 9.17) is 10.2 Å². The first-order valence-corrected chi connectivity index (χ1v) is 12.0. The second-order valence-corrected chi connectivity index (χ2v) is 8.56. The zero-order valence-corrected chi connectivity index (χ0v) is 21.3. The van der Waals surface area contributed by atoms with Gasteiger partial charge in [-0.2, -0.15) is 0 Å². The van der Waals surface area contributed by atoms with Crippen molar-refractivity contribution < 1.29 is 19.8 Å². The monoisotopic (exact) mass is 474 g/mol. The average molecular weight is 475 g/mol. The summed E-state index contributed by atoms with van der Waals surface area (Å²) >= 11 is 0. The second kappa shape index (κ2) is 16.9. The lowest BCUT2D eigenvalue weighted by molar-refractivity contribution is -0.137. The number of carbonyl (C=O) groups is 2. The highest BCUT2D eigenvalue weighted by Crippen LogP contribution is 2.08. The summed E-state index contributed by atoms with van der Waals surface area (Å²) in [7, 11) is 0. The number of unbranched alkanes of at least 4 members (excludes halogenated alkanes) is 1. The van der Waals surface area contributed by atoms with Crippen LogP contribution in [0.4, 0.5) is 0 Å². The summed E-state index contributed by atoms with van der Waals surface area (Å²) in [5.74, 6) is -1.66. The Morgan fingerprint density at radius 3 is 1.71 bits per heavy atom. The molecule has 0 bridgehead atoms. The minimum absolute atomic E-state index is 0.212. The number of rotatable bonds is 8. The van der Waals surface area contributed by atoms with Crippen molar-refractivity contribution in [3.8, 4) is 0 Å². The van der Waals surface area contributed by atoms with E-state index in [1.807, 2.05) is 62.4 Å². The van der Waals surface area contributed by atoms with E-state index in [-0.39, 0.29) is 6.42 Å². The van der Waals surface area contributed by atoms with Crippen molar-refractivity contribution in [2.45, 2.75) is 59.8 Å². The predicted molar refractivity (Wildman–Crippen MR) is 145 cm³/mol. The number of aliphatic carboxylic acids is 2. The third-order valence-electron chi connectivity index (χ3n) is 5.07. The Bertz CT molecular complexity index is 1080. The molecule has 0 atom stereocenters. The lowest BCUT2D eigenvalue weighted by Crippen LogP contribution is -1.97. The third kappa shape index (κ3) is 15.0. The fourth-order valence-electron chi connectivity index (χ4n) is 3.31. The van der Waals surface area contributed by atoms with Gasteiger partial charge in [0.2, 0.25) is 0 Å². The van der Waals surface area contributed by atoms with E-state index in [0.29, 0.717) is 6.42 Å². The van der Waals surface area contributed by atoms with Crippen LogP contribution in [0.2, 0.25) is 0 Å². The lowest BCUT2D eigenvalue weighted by Gasteiger charge is -1.99. The summed E-state index contributed by atoms with van der Waals surface area (Å²) in [5.41, 5.74) is 7.17. The van der Waals surface area contributed by atoms with Gasteiger partial charge in [0.25, 0.3) is 0 Å². The Morgan fingerprint density at radius 2 is 1.26 bits per heavy atom. The average Bonchev–Trinajstić information content (AvgIpc) is 2.81. The van der Waals surface area contributed by atoms with Crippen molar-refractivity contribution in [1.82, 2.24) is 0 Å². The van der Waals surface area contributed by atoms with Gasteiger partial charge >= 0.3 is 11.9 Å². The molecule has 186 valence electrons. The maximum absolute atomic E-state index is 10.3. The zero-order chi connectivity index (χ0) is 26.1. The van der Waals surface area contributed by atoms with Crippen LogP contribution >= 0.6 is 0 Å². The molecule has 0 amide bonds. The molecule has 0 spiro atoms. The predicted octanol–water partition coefficient (Wildman–Crippen LogP) is 7.44. The largest absolute Gasteiger partial charge is 0.481 e. The first kappa shape index (κ1) is 29.4. The van der Waals surface area contributed by atoms with Crippen LogP contribution in [-0.2, 0) is 22.4 Å². The molecule has 0 aliphatic carbocycles. The summed E-state index contributed by atoms with van der Waals surface area (Å²) in [6, 6.07) is 24.4. The summed E-state index contributed by atoms with van der Waals surface area (Å²) in [5, 5.41) is 16.8. The first-order valence-electron chi connectivity index (χ1n) is 12.0. The fraction of sp³-hybridized carbons (Fsp3) is 0.290. The van der Waals surface area contributed by atoms with Crippen LogP contribution in [0.1, 0.15) is 59.6 Å². The van der Waals surface area contributed by atoms with Gasteiger partial charge in [0.15, 0.2) is 0 Å². The molecule has 3 aromatic carbocycles. The topological polar surface area (TPSA) is 74.6 Å². The molecule has 0 saturated heterocycles. The van der Waals surface area contributed by atoms with Gasteiger partial charge in [0, 0.05) is 12.5 Å². The SMILES string of the molecule is CCCCc1cccc(C)c1.Cc1cccc(/C=C/C(=O)O)c1.Cc1cccc(CCC(=O)O)c1. The minimum Gasteiger partial charge on any atom is -0.481 e. The molecule has 2 N–H and O–H groups in total. The zero-order valence-electron chi connectivity index (χ0n) is 21.3. The quantitative estimate of drug-likeness (QED) is 0.333. The van der Waals surface area contributed by atoms with Crippen molar-refractivity contribution in [2.24, 2.45) is 0 Å². The van der Waals surface area contributed by atoms with E-state index in [9.17, 15) is 9.59 Å². The molecular weight excluding hydrogens is 436 g/mol. The molecule has 3 rings (SSSR count). The highest BCUT2D eigenvalue weighted by atomic mass is 16.4. The smallest absolute Gasteiger partial charge is 0.328 e. The second-order valence-electron chi connectivity index (χ2n) is 8.56. The van der Waals surface area contributed by atoms with Gasteiger partial charge in [-0.1, -0.05) is 103 Å². The Kier molecular flexibility index (Phi) is 14.2. The third-order valence-corrected chi connectivity index (χ3v) is 5.07. The molecule has 0 heterocycles. The number of hydrogen-bond donors (Lipinski definition) is 2. The van der Waals surface area contributed by atoms with E-state index in [1.54, 1.807) is 6.08 Å². The fourth-order valence-corrected chi connectivity index (χ4v) is 3.31. The molecule has 0 fully saturated rings. The number of benzene rings is 3. The Balaban J connectivity index is 0.000000263. The van der Waals surface area contributed by atoms with Crippen molar-refractivity contribution in [3.63, 3.8) is 0 Å². The number of hydrogen-bond acceptors (Lipinski definition) is 2. The van der Waals surface area contributed by atoms with E-state index >= 15 is 0 Å². The number of carboxylic acid groups (broad SMARTS) is 2. The molecule has 0 saturated carbocycles. The van der Waals surface area contributed by atoms with Crippen molar-refractivity contribution in [3.05, 3.63) is 112 Å². The molecule has 3 aromatic rings. The van der Waals surface area contributed by atoms with Crippen LogP contribution in [0.15, 0.2) is 78.9 Å². The van der Waals surface area contributed by atoms with Crippen molar-refractivity contribution in [1.29, 1.82) is 0 Å². The lowest BCUT2D eigenvalue weighted by atomic mass is 10.1. The molecular formula is C31H38O4. The molecule has 0 aliphatic rings. The van der Waals surface area contributed by atoms with Crippen molar-refractivity contribution >= 4 is 18.0 Å². The van der Waals surface area contributed by atoms with Gasteiger partial charge in [-0.05, 0) is 62.8 Å². The summed E-state index contributed by atoms with van der Waals surface area (Å²) in [4.78, 5) is 20.4. The van der Waals surface area contributed by atoms with Gasteiger partial charge in [-0.15, -0.1) is 0 Å². The normalized spacial score (nSPS) is 10.1. The molecule has 4 heteroatoms. The molecule has 4 nitrogen and oxygen atoms in total. The molecule has 35 heavy (non-hydrogen) atoms. The number of aryl methyl sites for hydroxylation is 5. The molecule has 0 aliphatic heterocycles. The van der Waals surface area contributed by atoms with Crippen LogP contribution in [0.5, 0.6) is 0 Å². The molecule has 0 aromatic heterocycles. The van der Waals surface area contributed by atoms with Crippen LogP contribution in [0.3, 0.4) is 0 Å². The van der Waals surface area contributed by atoms with Gasteiger partial charge < -0.3 is 10.2 Å². The van der Waals surface area contributed by atoms with E-state index in [2.05, 4.69) is 38.1 Å². The number of carboxylic acids is 2. The molecule has 0 unspecified atom stereocenters. The van der Waals surface area contributed by atoms with Crippen LogP contribution < -0.4 is 0 Å². The van der Waals surface area contributed by atoms with Gasteiger partial charge in [0.05, 0.1) is 0 Å². The molecule has 0 radical (unpaired) electrons. The Morgan fingerprint density at radius 1 is 0.743 bits per heavy atom. The van der Waals surface area contributed by atoms with Gasteiger partial charge in [-0.25, -0.2) is 4.79 Å². The highest BCUT2D eigenvalue weighted by Gasteiger charge is 1.98. The van der Waals surface area contributed by atoms with Crippen molar-refractivity contribution in [2.75, 3.05) is 0 Å². The Hall–Kier alpha value is -3.66. The van der Waals surface area contributed by atoms with E-state index in [0.717, 1.165) is 22.8 Å². The first-order chi connectivity index (χ1) is 16.7. The van der Waals surface area contributed by atoms with Gasteiger partial charge in [-0.3, -0.25) is 4.79 Å². The highest BCUT2D eigenvalue weighted by molar-refractivity contribution is 5.85. The van der Waals surface area contributed by atoms with Crippen LogP contribution in [0, 0.1) is 20.8 Å². The maximum Gasteiger partial charge on any atom is 0.328 e. The summed E-state index contributed by atoms with van der Waals surface area (Å²) < 4.78 is 0. The summed E-state index contributed by atoms with van der Waals surface area (Å²) in [6.07, 6.45) is 7.38. The van der Waals surface area contributed by atoms with E-state index < -0.39 is 11.9 Å².